The Balaban J connectivity index is 2.59. The number of hydrogen-bond donors (Lipinski definition) is 1. The van der Waals surface area contributed by atoms with Crippen molar-refractivity contribution in [1.29, 1.82) is 0 Å². The van der Waals surface area contributed by atoms with E-state index >= 15 is 0 Å². The fraction of sp³-hybridized carbons (Fsp3) is 0.375. The Morgan fingerprint density at radius 1 is 1.15 bits per heavy atom. The SMILES string of the molecule is CCNC(c1cc(Br)ccc1Br)c1c(C)oc(C)c1C. The van der Waals surface area contributed by atoms with E-state index in [0.717, 1.165) is 27.0 Å². The standard InChI is InChI=1S/C16H19Br2NO/c1-5-19-16(13-8-12(17)6-7-14(13)18)15-9(2)10(3)20-11(15)4/h6-8,16,19H,5H2,1-4H3. The Hall–Kier alpha value is -0.580. The second-order valence-corrected chi connectivity index (χ2v) is 6.68. The normalized spacial score (nSPS) is 12.7. The number of halogens is 2. The van der Waals surface area contributed by atoms with Crippen LogP contribution < -0.4 is 5.32 Å². The smallest absolute Gasteiger partial charge is 0.106 e. The zero-order valence-electron chi connectivity index (χ0n) is 12.2. The summed E-state index contributed by atoms with van der Waals surface area (Å²) in [5.41, 5.74) is 3.68. The minimum absolute atomic E-state index is 0.129. The molecule has 0 saturated heterocycles. The molecule has 108 valence electrons. The monoisotopic (exact) mass is 399 g/mol. The van der Waals surface area contributed by atoms with Gasteiger partial charge in [-0.25, -0.2) is 0 Å². The van der Waals surface area contributed by atoms with Gasteiger partial charge in [-0.05, 0) is 56.6 Å². The van der Waals surface area contributed by atoms with Crippen molar-refractivity contribution in [3.63, 3.8) is 0 Å². The third-order valence-corrected chi connectivity index (χ3v) is 4.80. The highest BCUT2D eigenvalue weighted by Gasteiger charge is 2.23. The van der Waals surface area contributed by atoms with Crippen molar-refractivity contribution in [2.75, 3.05) is 6.54 Å². The van der Waals surface area contributed by atoms with Crippen LogP contribution in [-0.2, 0) is 0 Å². The van der Waals surface area contributed by atoms with Crippen LogP contribution in [0, 0.1) is 20.8 Å². The Bertz CT molecular complexity index is 619. The number of benzene rings is 1. The van der Waals surface area contributed by atoms with Crippen molar-refractivity contribution in [3.8, 4) is 0 Å². The number of nitrogens with one attached hydrogen (secondary N) is 1. The molecule has 1 heterocycles. The summed E-state index contributed by atoms with van der Waals surface area (Å²) in [7, 11) is 0. The molecule has 20 heavy (non-hydrogen) atoms. The summed E-state index contributed by atoms with van der Waals surface area (Å²) in [4.78, 5) is 0. The molecule has 4 heteroatoms. The van der Waals surface area contributed by atoms with Crippen LogP contribution in [0.1, 0.15) is 41.2 Å². The first-order chi connectivity index (χ1) is 9.45. The Morgan fingerprint density at radius 2 is 1.85 bits per heavy atom. The maximum absolute atomic E-state index is 5.80. The van der Waals surface area contributed by atoms with Crippen LogP contribution in [0.3, 0.4) is 0 Å². The summed E-state index contributed by atoms with van der Waals surface area (Å²) in [5.74, 6) is 1.98. The van der Waals surface area contributed by atoms with Gasteiger partial charge in [0.05, 0.1) is 6.04 Å². The topological polar surface area (TPSA) is 25.2 Å². The van der Waals surface area contributed by atoms with Gasteiger partial charge >= 0.3 is 0 Å². The van der Waals surface area contributed by atoms with Gasteiger partial charge in [-0.15, -0.1) is 0 Å². The second-order valence-electron chi connectivity index (χ2n) is 4.91. The van der Waals surface area contributed by atoms with Gasteiger partial charge in [0, 0.05) is 14.5 Å². The number of furan rings is 1. The fourth-order valence-electron chi connectivity index (χ4n) is 2.54. The maximum atomic E-state index is 5.80. The summed E-state index contributed by atoms with van der Waals surface area (Å²) in [6, 6.07) is 6.39. The van der Waals surface area contributed by atoms with Crippen molar-refractivity contribution < 1.29 is 4.42 Å². The van der Waals surface area contributed by atoms with Crippen LogP contribution in [0.15, 0.2) is 31.6 Å². The van der Waals surface area contributed by atoms with Crippen LogP contribution >= 0.6 is 31.9 Å². The number of hydrogen-bond acceptors (Lipinski definition) is 2. The van der Waals surface area contributed by atoms with Crippen LogP contribution in [0.4, 0.5) is 0 Å². The molecule has 0 spiro atoms. The lowest BCUT2D eigenvalue weighted by atomic mass is 9.95. The van der Waals surface area contributed by atoms with Gasteiger partial charge in [-0.1, -0.05) is 38.8 Å². The van der Waals surface area contributed by atoms with Crippen molar-refractivity contribution >= 4 is 31.9 Å². The second kappa shape index (κ2) is 6.46. The minimum Gasteiger partial charge on any atom is -0.466 e. The molecule has 0 fully saturated rings. The Morgan fingerprint density at radius 3 is 2.40 bits per heavy atom. The average Bonchev–Trinajstić information content (AvgIpc) is 2.64. The van der Waals surface area contributed by atoms with E-state index in [9.17, 15) is 0 Å². The Kier molecular flexibility index (Phi) is 5.10. The van der Waals surface area contributed by atoms with E-state index in [2.05, 4.69) is 63.2 Å². The first kappa shape index (κ1) is 15.8. The molecule has 0 bridgehead atoms. The molecule has 0 aliphatic carbocycles. The third-order valence-electron chi connectivity index (χ3n) is 3.58. The van der Waals surface area contributed by atoms with Gasteiger partial charge in [0.25, 0.3) is 0 Å². The van der Waals surface area contributed by atoms with E-state index in [0.29, 0.717) is 0 Å². The largest absolute Gasteiger partial charge is 0.466 e. The highest BCUT2D eigenvalue weighted by atomic mass is 79.9. The highest BCUT2D eigenvalue weighted by molar-refractivity contribution is 9.11. The van der Waals surface area contributed by atoms with Crippen molar-refractivity contribution in [1.82, 2.24) is 5.32 Å². The maximum Gasteiger partial charge on any atom is 0.106 e. The van der Waals surface area contributed by atoms with E-state index in [1.165, 1.54) is 16.7 Å². The lowest BCUT2D eigenvalue weighted by molar-refractivity contribution is 0.494. The highest BCUT2D eigenvalue weighted by Crippen LogP contribution is 2.35. The molecule has 0 aliphatic heterocycles. The molecular formula is C16H19Br2NO. The van der Waals surface area contributed by atoms with Gasteiger partial charge in [0.15, 0.2) is 0 Å². The zero-order valence-corrected chi connectivity index (χ0v) is 15.4. The van der Waals surface area contributed by atoms with Crippen molar-refractivity contribution in [2.45, 2.75) is 33.7 Å². The van der Waals surface area contributed by atoms with Gasteiger partial charge in [-0.2, -0.15) is 0 Å². The average molecular weight is 401 g/mol. The molecule has 2 nitrogen and oxygen atoms in total. The van der Waals surface area contributed by atoms with Gasteiger partial charge in [0.2, 0.25) is 0 Å². The molecule has 1 unspecified atom stereocenters. The summed E-state index contributed by atoms with van der Waals surface area (Å²) < 4.78 is 7.98. The van der Waals surface area contributed by atoms with Crippen LogP contribution in [0.5, 0.6) is 0 Å². The summed E-state index contributed by atoms with van der Waals surface area (Å²) >= 11 is 7.22. The minimum atomic E-state index is 0.129. The molecule has 0 radical (unpaired) electrons. The van der Waals surface area contributed by atoms with Crippen molar-refractivity contribution in [2.24, 2.45) is 0 Å². The molecule has 0 saturated carbocycles. The fourth-order valence-corrected chi connectivity index (χ4v) is 3.40. The van der Waals surface area contributed by atoms with Gasteiger partial charge in [0.1, 0.15) is 11.5 Å². The molecule has 0 amide bonds. The van der Waals surface area contributed by atoms with E-state index in [-0.39, 0.29) is 6.04 Å². The summed E-state index contributed by atoms with van der Waals surface area (Å²) in [5, 5.41) is 3.57. The molecule has 0 aliphatic rings. The van der Waals surface area contributed by atoms with Crippen LogP contribution in [0.25, 0.3) is 0 Å². The zero-order chi connectivity index (χ0) is 14.9. The van der Waals surface area contributed by atoms with Crippen LogP contribution in [0.2, 0.25) is 0 Å². The number of aryl methyl sites for hydroxylation is 2. The third kappa shape index (κ3) is 3.02. The molecule has 1 aromatic carbocycles. The first-order valence-corrected chi connectivity index (χ1v) is 8.29. The quantitative estimate of drug-likeness (QED) is 0.740. The predicted octanol–water partition coefficient (Wildman–Crippen LogP) is 5.43. The van der Waals surface area contributed by atoms with Gasteiger partial charge < -0.3 is 9.73 Å². The van der Waals surface area contributed by atoms with Gasteiger partial charge in [-0.3, -0.25) is 0 Å². The molecule has 1 N–H and O–H groups in total. The van der Waals surface area contributed by atoms with Crippen molar-refractivity contribution in [3.05, 3.63) is 55.4 Å². The van der Waals surface area contributed by atoms with E-state index < -0.39 is 0 Å². The predicted molar refractivity (Wildman–Crippen MR) is 90.3 cm³/mol. The molecule has 1 atom stereocenters. The lowest BCUT2D eigenvalue weighted by Gasteiger charge is -2.21. The number of rotatable bonds is 4. The molecule has 2 aromatic rings. The van der Waals surface area contributed by atoms with E-state index in [1.54, 1.807) is 0 Å². The first-order valence-electron chi connectivity index (χ1n) is 6.70. The summed E-state index contributed by atoms with van der Waals surface area (Å²) in [6.07, 6.45) is 0. The summed E-state index contributed by atoms with van der Waals surface area (Å²) in [6.45, 7) is 9.19. The van der Waals surface area contributed by atoms with E-state index in [1.807, 2.05) is 19.9 Å². The lowest BCUT2D eigenvalue weighted by Crippen LogP contribution is -2.23. The molecule has 1 aromatic heterocycles. The Labute approximate surface area is 137 Å². The van der Waals surface area contributed by atoms with Crippen LogP contribution in [-0.4, -0.2) is 6.54 Å². The molecule has 2 rings (SSSR count). The molecular weight excluding hydrogens is 382 g/mol. The van der Waals surface area contributed by atoms with E-state index in [4.69, 9.17) is 4.42 Å².